The van der Waals surface area contributed by atoms with Crippen molar-refractivity contribution >= 4 is 16.9 Å². The molecule has 4 rings (SSSR count). The number of carbonyl (C=O) groups excluding carboxylic acids is 1. The second kappa shape index (κ2) is 7.03. The van der Waals surface area contributed by atoms with Gasteiger partial charge in [-0.3, -0.25) is 19.1 Å². The number of aryl methyl sites for hydroxylation is 1. The summed E-state index contributed by atoms with van der Waals surface area (Å²) < 4.78 is 14.4. The van der Waals surface area contributed by atoms with Crippen molar-refractivity contribution in [3.8, 4) is 0 Å². The van der Waals surface area contributed by atoms with Crippen molar-refractivity contribution in [1.82, 2.24) is 19.9 Å². The van der Waals surface area contributed by atoms with E-state index in [-0.39, 0.29) is 34.9 Å². The Kier molecular flexibility index (Phi) is 4.54. The number of H-pyrrole nitrogens is 1. The first kappa shape index (κ1) is 18.1. The van der Waals surface area contributed by atoms with Crippen LogP contribution in [0.5, 0.6) is 0 Å². The Morgan fingerprint density at radius 1 is 1.29 bits per heavy atom. The summed E-state index contributed by atoms with van der Waals surface area (Å²) in [5, 5.41) is 2.86. The number of pyridine rings is 1. The number of nitrogens with zero attached hydrogens (tertiary/aromatic N) is 2. The summed E-state index contributed by atoms with van der Waals surface area (Å²) in [7, 11) is 0. The van der Waals surface area contributed by atoms with Gasteiger partial charge in [0.2, 0.25) is 0 Å². The molecular weight excluding hydrogens is 363 g/mol. The Morgan fingerprint density at radius 3 is 2.64 bits per heavy atom. The molecule has 2 N–H and O–H groups in total. The molecule has 0 atom stereocenters. The van der Waals surface area contributed by atoms with Crippen LogP contribution in [-0.4, -0.2) is 20.4 Å². The highest BCUT2D eigenvalue weighted by atomic mass is 19.1. The Labute approximate surface area is 159 Å². The van der Waals surface area contributed by atoms with E-state index in [1.807, 2.05) is 0 Å². The molecule has 1 saturated carbocycles. The van der Waals surface area contributed by atoms with E-state index in [2.05, 4.69) is 15.3 Å². The van der Waals surface area contributed by atoms with Gasteiger partial charge in [0.15, 0.2) is 5.65 Å². The molecule has 1 fully saturated rings. The predicted octanol–water partition coefficient (Wildman–Crippen LogP) is 2.05. The van der Waals surface area contributed by atoms with Crippen molar-refractivity contribution in [2.75, 3.05) is 0 Å². The van der Waals surface area contributed by atoms with E-state index >= 15 is 0 Å². The summed E-state index contributed by atoms with van der Waals surface area (Å²) in [4.78, 5) is 44.3. The fraction of sp³-hybridized carbons (Fsp3) is 0.300. The van der Waals surface area contributed by atoms with Gasteiger partial charge in [0, 0.05) is 24.7 Å². The van der Waals surface area contributed by atoms with E-state index in [4.69, 9.17) is 0 Å². The summed E-state index contributed by atoms with van der Waals surface area (Å²) in [6, 6.07) is 7.44. The van der Waals surface area contributed by atoms with E-state index < -0.39 is 17.2 Å². The number of hydrogen-bond acceptors (Lipinski definition) is 4. The lowest BCUT2D eigenvalue weighted by atomic mass is 10.1. The molecule has 0 spiro atoms. The summed E-state index contributed by atoms with van der Waals surface area (Å²) in [6.07, 6.45) is 1.93. The van der Waals surface area contributed by atoms with E-state index in [1.165, 1.54) is 16.7 Å². The minimum atomic E-state index is -0.633. The molecule has 7 nitrogen and oxygen atoms in total. The lowest BCUT2D eigenvalue weighted by Gasteiger charge is -2.12. The van der Waals surface area contributed by atoms with Crippen LogP contribution in [0.1, 0.15) is 47.3 Å². The number of benzene rings is 1. The third kappa shape index (κ3) is 3.33. The average Bonchev–Trinajstić information content (AvgIpc) is 3.52. The minimum Gasteiger partial charge on any atom is -0.348 e. The first-order chi connectivity index (χ1) is 13.5. The molecule has 8 heteroatoms. The molecule has 3 aromatic rings. The molecule has 1 aliphatic carbocycles. The average molecular weight is 382 g/mol. The highest BCUT2D eigenvalue weighted by Gasteiger charge is 2.28. The number of hydrogen-bond donors (Lipinski definition) is 2. The van der Waals surface area contributed by atoms with Crippen molar-refractivity contribution in [2.24, 2.45) is 0 Å². The van der Waals surface area contributed by atoms with Crippen LogP contribution in [0.25, 0.3) is 11.0 Å². The maximum Gasteiger partial charge on any atom is 0.329 e. The van der Waals surface area contributed by atoms with Crippen LogP contribution in [0.3, 0.4) is 0 Å². The molecule has 1 amide bonds. The molecule has 1 aliphatic rings. The summed E-state index contributed by atoms with van der Waals surface area (Å²) in [6.45, 7) is 2.29. The number of fused-ring (bicyclic) bond motifs is 1. The van der Waals surface area contributed by atoms with Crippen LogP contribution in [-0.2, 0) is 13.1 Å². The zero-order chi connectivity index (χ0) is 19.8. The van der Waals surface area contributed by atoms with Gasteiger partial charge < -0.3 is 5.32 Å². The van der Waals surface area contributed by atoms with Crippen LogP contribution in [0.2, 0.25) is 0 Å². The molecule has 0 aliphatic heterocycles. The standard InChI is InChI=1S/C20H19FN4O3/c1-2-25-17-16(19(27)24-20(25)28)14(9-15(23-17)12-5-6-12)18(26)22-10-11-3-7-13(21)8-4-11/h3-4,7-9,12H,2,5-6,10H2,1H3,(H,22,26)(H,24,27,28). The first-order valence-electron chi connectivity index (χ1n) is 9.18. The van der Waals surface area contributed by atoms with Crippen LogP contribution in [0.15, 0.2) is 39.9 Å². The second-order valence-corrected chi connectivity index (χ2v) is 6.88. The summed E-state index contributed by atoms with van der Waals surface area (Å²) in [5.74, 6) is -0.550. The van der Waals surface area contributed by atoms with Crippen LogP contribution in [0.4, 0.5) is 4.39 Å². The normalized spacial score (nSPS) is 13.6. The molecule has 144 valence electrons. The molecule has 2 aromatic heterocycles. The Hall–Kier alpha value is -3.29. The Balaban J connectivity index is 1.78. The third-order valence-electron chi connectivity index (χ3n) is 4.89. The van der Waals surface area contributed by atoms with Gasteiger partial charge >= 0.3 is 5.69 Å². The van der Waals surface area contributed by atoms with E-state index in [0.717, 1.165) is 18.4 Å². The van der Waals surface area contributed by atoms with Crippen LogP contribution >= 0.6 is 0 Å². The number of nitrogens with one attached hydrogen (secondary N) is 2. The lowest BCUT2D eigenvalue weighted by molar-refractivity contribution is 0.0952. The largest absolute Gasteiger partial charge is 0.348 e. The predicted molar refractivity (Wildman–Crippen MR) is 102 cm³/mol. The quantitative estimate of drug-likeness (QED) is 0.706. The molecule has 2 heterocycles. The molecule has 0 radical (unpaired) electrons. The number of halogens is 1. The monoisotopic (exact) mass is 382 g/mol. The smallest absolute Gasteiger partial charge is 0.329 e. The molecule has 0 saturated heterocycles. The van der Waals surface area contributed by atoms with Gasteiger partial charge in [-0.05, 0) is 43.5 Å². The van der Waals surface area contributed by atoms with Crippen molar-refractivity contribution in [3.63, 3.8) is 0 Å². The topological polar surface area (TPSA) is 96.9 Å². The van der Waals surface area contributed by atoms with Crippen molar-refractivity contribution in [3.05, 3.63) is 73.8 Å². The number of aromatic amines is 1. The molecule has 28 heavy (non-hydrogen) atoms. The Morgan fingerprint density at radius 2 is 2.00 bits per heavy atom. The fourth-order valence-electron chi connectivity index (χ4n) is 3.23. The molecule has 0 bridgehead atoms. The minimum absolute atomic E-state index is 0.0995. The molecule has 0 unspecified atom stereocenters. The highest BCUT2D eigenvalue weighted by molar-refractivity contribution is 6.05. The van der Waals surface area contributed by atoms with E-state index in [1.54, 1.807) is 25.1 Å². The third-order valence-corrected chi connectivity index (χ3v) is 4.89. The fourth-order valence-corrected chi connectivity index (χ4v) is 3.23. The molecule has 1 aromatic carbocycles. The van der Waals surface area contributed by atoms with Gasteiger partial charge in [-0.1, -0.05) is 12.1 Å². The number of rotatable bonds is 5. The van der Waals surface area contributed by atoms with E-state index in [0.29, 0.717) is 12.2 Å². The van der Waals surface area contributed by atoms with Gasteiger partial charge in [-0.25, -0.2) is 14.2 Å². The zero-order valence-corrected chi connectivity index (χ0v) is 15.3. The highest BCUT2D eigenvalue weighted by Crippen LogP contribution is 2.39. The maximum absolute atomic E-state index is 13.0. The number of aromatic nitrogens is 3. The van der Waals surface area contributed by atoms with Gasteiger partial charge in [0.25, 0.3) is 11.5 Å². The van der Waals surface area contributed by atoms with Gasteiger partial charge in [0.1, 0.15) is 5.82 Å². The van der Waals surface area contributed by atoms with E-state index in [9.17, 15) is 18.8 Å². The SMILES string of the molecule is CCn1c(=O)[nH]c(=O)c2c(C(=O)NCc3ccc(F)cc3)cc(C3CC3)nc21. The van der Waals surface area contributed by atoms with Crippen LogP contribution < -0.4 is 16.6 Å². The lowest BCUT2D eigenvalue weighted by Crippen LogP contribution is -2.33. The second-order valence-electron chi connectivity index (χ2n) is 6.88. The van der Waals surface area contributed by atoms with Gasteiger partial charge in [-0.2, -0.15) is 0 Å². The number of amides is 1. The van der Waals surface area contributed by atoms with Crippen molar-refractivity contribution in [1.29, 1.82) is 0 Å². The van der Waals surface area contributed by atoms with Crippen molar-refractivity contribution < 1.29 is 9.18 Å². The summed E-state index contributed by atoms with van der Waals surface area (Å²) >= 11 is 0. The summed E-state index contributed by atoms with van der Waals surface area (Å²) in [5.41, 5.74) is 0.691. The van der Waals surface area contributed by atoms with Crippen molar-refractivity contribution in [2.45, 2.75) is 38.8 Å². The molecular formula is C20H19FN4O3. The first-order valence-corrected chi connectivity index (χ1v) is 9.18. The Bertz CT molecular complexity index is 1180. The van der Waals surface area contributed by atoms with Gasteiger partial charge in [-0.15, -0.1) is 0 Å². The maximum atomic E-state index is 13.0. The number of carbonyl (C=O) groups is 1. The zero-order valence-electron chi connectivity index (χ0n) is 15.3. The van der Waals surface area contributed by atoms with Gasteiger partial charge in [0.05, 0.1) is 10.9 Å². The van der Waals surface area contributed by atoms with Crippen LogP contribution in [0, 0.1) is 5.82 Å².